The van der Waals surface area contributed by atoms with Crippen LogP contribution >= 0.6 is 0 Å². The van der Waals surface area contributed by atoms with Crippen molar-refractivity contribution in [1.82, 2.24) is 0 Å². The lowest BCUT2D eigenvalue weighted by Gasteiger charge is -1.99. The fourth-order valence-corrected chi connectivity index (χ4v) is 0.536. The zero-order valence-electron chi connectivity index (χ0n) is 4.26. The van der Waals surface area contributed by atoms with E-state index in [-0.39, 0.29) is 0 Å². The Morgan fingerprint density at radius 2 is 2.25 bits per heavy atom. The molecule has 1 fully saturated rings. The average molecular weight is 105 g/mol. The number of hydrogen-bond donors (Lipinski definition) is 1. The molecule has 0 amide bonds. The lowest BCUT2D eigenvalue weighted by Crippen LogP contribution is -2.11. The standard InChI is InChI=1S/C6H5N2/c7-4-5-2-1-3-6(5)8/h1-3H,8H2. The van der Waals surface area contributed by atoms with Gasteiger partial charge in [0.25, 0.3) is 0 Å². The fourth-order valence-electron chi connectivity index (χ4n) is 0.536. The van der Waals surface area contributed by atoms with E-state index in [9.17, 15) is 0 Å². The van der Waals surface area contributed by atoms with E-state index < -0.39 is 0 Å². The summed E-state index contributed by atoms with van der Waals surface area (Å²) in [5, 5.41) is 8.28. The van der Waals surface area contributed by atoms with Crippen molar-refractivity contribution in [3.63, 3.8) is 0 Å². The van der Waals surface area contributed by atoms with Crippen molar-refractivity contribution in [2.24, 2.45) is 5.73 Å². The molecule has 0 spiro atoms. The van der Waals surface area contributed by atoms with Gasteiger partial charge < -0.3 is 5.73 Å². The zero-order valence-corrected chi connectivity index (χ0v) is 4.26. The van der Waals surface area contributed by atoms with Gasteiger partial charge in [-0.25, -0.2) is 0 Å². The highest BCUT2D eigenvalue weighted by atomic mass is 14.7. The van der Waals surface area contributed by atoms with E-state index in [1.54, 1.807) is 19.3 Å². The first-order chi connectivity index (χ1) is 3.84. The van der Waals surface area contributed by atoms with Gasteiger partial charge in [-0.3, -0.25) is 0 Å². The van der Waals surface area contributed by atoms with Crippen molar-refractivity contribution < 1.29 is 0 Å². The molecule has 2 N–H and O–H groups in total. The van der Waals surface area contributed by atoms with Gasteiger partial charge in [0.05, 0.1) is 12.1 Å². The third-order valence-electron chi connectivity index (χ3n) is 0.970. The summed E-state index contributed by atoms with van der Waals surface area (Å²) in [5.74, 6) is 0.560. The highest BCUT2D eigenvalue weighted by molar-refractivity contribution is 5.49. The van der Waals surface area contributed by atoms with E-state index in [0.717, 1.165) is 0 Å². The molecular formula is C6H5N2. The van der Waals surface area contributed by atoms with Crippen molar-refractivity contribution in [1.29, 1.82) is 5.26 Å². The van der Waals surface area contributed by atoms with Crippen molar-refractivity contribution in [2.75, 3.05) is 0 Å². The van der Waals surface area contributed by atoms with Crippen LogP contribution in [0.5, 0.6) is 0 Å². The van der Waals surface area contributed by atoms with Crippen LogP contribution in [0.4, 0.5) is 0 Å². The molecule has 0 unspecified atom stereocenters. The zero-order chi connectivity index (χ0) is 5.98. The third-order valence-corrected chi connectivity index (χ3v) is 0.970. The molecule has 0 aromatic rings. The summed E-state index contributed by atoms with van der Waals surface area (Å²) in [6, 6.07) is 2.51. The SMILES string of the molecule is N#C[C]1[CH][CH][CH][C]1N. The van der Waals surface area contributed by atoms with Crippen LogP contribution in [0.3, 0.4) is 0 Å². The quantitative estimate of drug-likeness (QED) is 0.478. The van der Waals surface area contributed by atoms with Crippen LogP contribution in [-0.2, 0) is 0 Å². The van der Waals surface area contributed by atoms with Gasteiger partial charge in [0.1, 0.15) is 5.92 Å². The van der Waals surface area contributed by atoms with Crippen LogP contribution in [0.1, 0.15) is 0 Å². The summed E-state index contributed by atoms with van der Waals surface area (Å²) >= 11 is 0. The second kappa shape index (κ2) is 2.15. The summed E-state index contributed by atoms with van der Waals surface area (Å²) in [7, 11) is 0. The first-order valence-corrected chi connectivity index (χ1v) is 2.26. The molecule has 0 aliphatic heterocycles. The minimum atomic E-state index is 0.560. The summed E-state index contributed by atoms with van der Waals surface area (Å²) in [6.07, 6.45) is 5.15. The Kier molecular flexibility index (Phi) is 1.50. The number of nitrogens with two attached hydrogens (primary N) is 1. The number of rotatable bonds is 0. The molecule has 0 bridgehead atoms. The molecule has 0 aromatic carbocycles. The summed E-state index contributed by atoms with van der Waals surface area (Å²) in [6.45, 7) is 0. The number of nitrogens with zero attached hydrogens (tertiary/aromatic N) is 1. The largest absolute Gasteiger partial charge is 0.322 e. The number of nitriles is 1. The fraction of sp³-hybridized carbons (Fsp3) is 0. The molecule has 0 aromatic heterocycles. The van der Waals surface area contributed by atoms with E-state index >= 15 is 0 Å². The molecule has 2 heteroatoms. The van der Waals surface area contributed by atoms with Crippen molar-refractivity contribution in [3.8, 4) is 6.07 Å². The van der Waals surface area contributed by atoms with Crippen molar-refractivity contribution >= 4 is 0 Å². The molecular weight excluding hydrogens is 100 g/mol. The molecule has 1 aliphatic carbocycles. The second-order valence-corrected chi connectivity index (χ2v) is 1.51. The van der Waals surface area contributed by atoms with Gasteiger partial charge >= 0.3 is 0 Å². The van der Waals surface area contributed by atoms with E-state index in [0.29, 0.717) is 12.0 Å². The third kappa shape index (κ3) is 0.823. The Hall–Kier alpha value is -0.550. The minimum Gasteiger partial charge on any atom is -0.322 e. The highest BCUT2D eigenvalue weighted by Gasteiger charge is 2.25. The van der Waals surface area contributed by atoms with Crippen LogP contribution in [0.2, 0.25) is 0 Å². The van der Waals surface area contributed by atoms with Gasteiger partial charge in [-0.05, 0) is 19.3 Å². The van der Waals surface area contributed by atoms with Crippen LogP contribution in [-0.4, -0.2) is 0 Å². The van der Waals surface area contributed by atoms with Crippen LogP contribution in [0.25, 0.3) is 0 Å². The molecule has 0 saturated heterocycles. The summed E-state index contributed by atoms with van der Waals surface area (Å²) < 4.78 is 0. The smallest absolute Gasteiger partial charge is 0.102 e. The Bertz CT molecular complexity index is 114. The normalized spacial score (nSPS) is 23.5. The second-order valence-electron chi connectivity index (χ2n) is 1.51. The Balaban J connectivity index is 2.45. The molecule has 8 heavy (non-hydrogen) atoms. The summed E-state index contributed by atoms with van der Waals surface area (Å²) in [5.41, 5.74) is 5.33. The average Bonchev–Trinajstić information content (AvgIpc) is 2.14. The Morgan fingerprint density at radius 3 is 2.50 bits per heavy atom. The topological polar surface area (TPSA) is 49.8 Å². The molecule has 1 rings (SSSR count). The monoisotopic (exact) mass is 105 g/mol. The lowest BCUT2D eigenvalue weighted by molar-refractivity contribution is 1.10. The Labute approximate surface area is 49.3 Å². The van der Waals surface area contributed by atoms with Crippen LogP contribution in [0, 0.1) is 42.6 Å². The molecule has 1 aliphatic rings. The van der Waals surface area contributed by atoms with Gasteiger partial charge in [-0.15, -0.1) is 0 Å². The van der Waals surface area contributed by atoms with Crippen LogP contribution < -0.4 is 5.73 Å². The molecule has 39 valence electrons. The van der Waals surface area contributed by atoms with Gasteiger partial charge in [0, 0.05) is 0 Å². The van der Waals surface area contributed by atoms with Gasteiger partial charge in [0.15, 0.2) is 0 Å². The predicted molar refractivity (Wildman–Crippen MR) is 29.2 cm³/mol. The van der Waals surface area contributed by atoms with E-state index in [1.807, 2.05) is 6.07 Å². The Morgan fingerprint density at radius 1 is 1.50 bits per heavy atom. The van der Waals surface area contributed by atoms with E-state index in [4.69, 9.17) is 11.0 Å². The van der Waals surface area contributed by atoms with Crippen molar-refractivity contribution in [2.45, 2.75) is 0 Å². The highest BCUT2D eigenvalue weighted by Crippen LogP contribution is 2.27. The van der Waals surface area contributed by atoms with Crippen LogP contribution in [0.15, 0.2) is 0 Å². The molecule has 5 radical (unpaired) electrons. The molecule has 0 atom stereocenters. The number of hydrogen-bond acceptors (Lipinski definition) is 2. The summed E-state index contributed by atoms with van der Waals surface area (Å²) in [4.78, 5) is 0. The van der Waals surface area contributed by atoms with Gasteiger partial charge in [-0.2, -0.15) is 5.26 Å². The maximum Gasteiger partial charge on any atom is 0.102 e. The molecule has 1 saturated carbocycles. The first kappa shape index (κ1) is 5.58. The van der Waals surface area contributed by atoms with E-state index in [2.05, 4.69) is 0 Å². The maximum absolute atomic E-state index is 8.28. The lowest BCUT2D eigenvalue weighted by atomic mass is 10.1. The minimum absolute atomic E-state index is 0.560. The van der Waals surface area contributed by atoms with Gasteiger partial charge in [-0.1, -0.05) is 0 Å². The predicted octanol–water partition coefficient (Wildman–Crippen LogP) is 0.202. The maximum atomic E-state index is 8.28. The van der Waals surface area contributed by atoms with Gasteiger partial charge in [0.2, 0.25) is 0 Å². The van der Waals surface area contributed by atoms with E-state index in [1.165, 1.54) is 0 Å². The first-order valence-electron chi connectivity index (χ1n) is 2.26. The van der Waals surface area contributed by atoms with Crippen molar-refractivity contribution in [3.05, 3.63) is 31.2 Å². The molecule has 0 heterocycles. The molecule has 2 nitrogen and oxygen atoms in total.